The van der Waals surface area contributed by atoms with E-state index in [0.29, 0.717) is 35.2 Å². The molecule has 120 valence electrons. The molecule has 0 aliphatic carbocycles. The van der Waals surface area contributed by atoms with Gasteiger partial charge in [0.05, 0.1) is 17.4 Å². The Morgan fingerprint density at radius 2 is 1.91 bits per heavy atom. The van der Waals surface area contributed by atoms with Gasteiger partial charge in [-0.25, -0.2) is 14.4 Å². The van der Waals surface area contributed by atoms with Crippen LogP contribution in [0.1, 0.15) is 15.9 Å². The van der Waals surface area contributed by atoms with Crippen molar-refractivity contribution in [2.75, 3.05) is 18.4 Å². The first-order chi connectivity index (χ1) is 11.0. The summed E-state index contributed by atoms with van der Waals surface area (Å²) in [6.45, 7) is 2.60. The van der Waals surface area contributed by atoms with E-state index in [-0.39, 0.29) is 5.91 Å². The molecule has 0 unspecified atom stereocenters. The summed E-state index contributed by atoms with van der Waals surface area (Å²) in [5, 5.41) is 6.14. The zero-order valence-electron chi connectivity index (χ0n) is 12.5. The molecule has 0 saturated carbocycles. The van der Waals surface area contributed by atoms with E-state index >= 15 is 0 Å². The predicted octanol–water partition coefficient (Wildman–Crippen LogP) is 2.98. The van der Waals surface area contributed by atoms with Crippen LogP contribution < -0.4 is 10.6 Å². The second kappa shape index (κ2) is 8.24. The van der Waals surface area contributed by atoms with E-state index in [0.717, 1.165) is 0 Å². The second-order valence-electron chi connectivity index (χ2n) is 4.80. The monoisotopic (exact) mass is 334 g/mol. The van der Waals surface area contributed by atoms with Gasteiger partial charge >= 0.3 is 0 Å². The molecule has 2 N–H and O–H groups in total. The van der Waals surface area contributed by atoms with Crippen LogP contribution in [0.15, 0.2) is 42.7 Å². The third-order valence-corrected chi connectivity index (χ3v) is 3.04. The number of carbonyl (C=O) groups excluding carboxylic acids is 1. The number of nitrogens with one attached hydrogen (secondary N) is 2. The van der Waals surface area contributed by atoms with Gasteiger partial charge < -0.3 is 10.6 Å². The van der Waals surface area contributed by atoms with E-state index in [1.807, 2.05) is 6.08 Å². The van der Waals surface area contributed by atoms with Crippen molar-refractivity contribution < 1.29 is 9.18 Å². The number of benzene rings is 1. The van der Waals surface area contributed by atoms with Crippen molar-refractivity contribution in [3.8, 4) is 0 Å². The maximum Gasteiger partial charge on any atom is 0.251 e. The molecular formula is C16H16ClFN4O. The Hall–Kier alpha value is -2.47. The average Bonchev–Trinajstić information content (AvgIpc) is 2.51. The minimum absolute atomic E-state index is 0.309. The first kappa shape index (κ1) is 16.9. The first-order valence-electron chi connectivity index (χ1n) is 6.96. The number of anilines is 1. The minimum Gasteiger partial charge on any atom is -0.351 e. The molecule has 1 aromatic heterocycles. The molecule has 1 amide bonds. The van der Waals surface area contributed by atoms with Gasteiger partial charge in [-0.3, -0.25) is 4.79 Å². The number of halogens is 2. The van der Waals surface area contributed by atoms with Gasteiger partial charge in [-0.2, -0.15) is 0 Å². The summed E-state index contributed by atoms with van der Waals surface area (Å²) in [6, 6.07) is 4.23. The number of aromatic nitrogens is 2. The van der Waals surface area contributed by atoms with Crippen molar-refractivity contribution in [1.29, 1.82) is 0 Å². The number of aryl methyl sites for hydroxylation is 1. The van der Waals surface area contributed by atoms with Gasteiger partial charge in [-0.1, -0.05) is 23.8 Å². The molecule has 0 aliphatic heterocycles. The summed E-state index contributed by atoms with van der Waals surface area (Å²) in [7, 11) is 0. The minimum atomic E-state index is -0.419. The Morgan fingerprint density at radius 3 is 2.61 bits per heavy atom. The highest BCUT2D eigenvalue weighted by atomic mass is 35.5. The third-order valence-electron chi connectivity index (χ3n) is 2.85. The smallest absolute Gasteiger partial charge is 0.251 e. The van der Waals surface area contributed by atoms with Crippen LogP contribution in [0.25, 0.3) is 0 Å². The fraction of sp³-hybridized carbons (Fsp3) is 0.188. The SMILES string of the molecule is Cc1cc(F)cc(C(=O)NC/C=C/CNc2ncc(Cl)cn2)c1. The summed E-state index contributed by atoms with van der Waals surface area (Å²) < 4.78 is 13.2. The topological polar surface area (TPSA) is 66.9 Å². The normalized spacial score (nSPS) is 10.7. The van der Waals surface area contributed by atoms with Crippen LogP contribution >= 0.6 is 11.6 Å². The zero-order chi connectivity index (χ0) is 16.7. The van der Waals surface area contributed by atoms with Gasteiger partial charge in [0.2, 0.25) is 5.95 Å². The van der Waals surface area contributed by atoms with E-state index in [1.54, 1.807) is 19.1 Å². The number of nitrogens with zero attached hydrogens (tertiary/aromatic N) is 2. The van der Waals surface area contributed by atoms with Crippen molar-refractivity contribution >= 4 is 23.5 Å². The van der Waals surface area contributed by atoms with Crippen molar-refractivity contribution in [2.45, 2.75) is 6.92 Å². The third kappa shape index (κ3) is 5.67. The maximum atomic E-state index is 13.2. The van der Waals surface area contributed by atoms with Crippen LogP contribution in [0, 0.1) is 12.7 Å². The van der Waals surface area contributed by atoms with Crippen LogP contribution in [0.4, 0.5) is 10.3 Å². The van der Waals surface area contributed by atoms with Crippen LogP contribution in [0.2, 0.25) is 5.02 Å². The molecular weight excluding hydrogens is 319 g/mol. The lowest BCUT2D eigenvalue weighted by Gasteiger charge is -2.04. The highest BCUT2D eigenvalue weighted by Gasteiger charge is 2.06. The van der Waals surface area contributed by atoms with Gasteiger partial charge in [-0.05, 0) is 30.7 Å². The molecule has 0 aliphatic rings. The van der Waals surface area contributed by atoms with Crippen molar-refractivity contribution in [1.82, 2.24) is 15.3 Å². The summed E-state index contributed by atoms with van der Waals surface area (Å²) in [5.74, 6) is -0.262. The molecule has 0 saturated heterocycles. The molecule has 1 heterocycles. The highest BCUT2D eigenvalue weighted by molar-refractivity contribution is 6.30. The van der Waals surface area contributed by atoms with Crippen molar-refractivity contribution in [3.05, 3.63) is 64.7 Å². The lowest BCUT2D eigenvalue weighted by atomic mass is 10.1. The van der Waals surface area contributed by atoms with Gasteiger partial charge in [0.25, 0.3) is 5.91 Å². The van der Waals surface area contributed by atoms with Crippen molar-refractivity contribution in [2.24, 2.45) is 0 Å². The molecule has 7 heteroatoms. The Balaban J connectivity index is 1.73. The van der Waals surface area contributed by atoms with E-state index in [2.05, 4.69) is 20.6 Å². The zero-order valence-corrected chi connectivity index (χ0v) is 13.3. The maximum absolute atomic E-state index is 13.2. The van der Waals surface area contributed by atoms with Crippen LogP contribution in [-0.2, 0) is 0 Å². The fourth-order valence-electron chi connectivity index (χ4n) is 1.84. The lowest BCUT2D eigenvalue weighted by Crippen LogP contribution is -2.23. The molecule has 0 bridgehead atoms. The molecule has 5 nitrogen and oxygen atoms in total. The molecule has 0 fully saturated rings. The molecule has 1 aromatic carbocycles. The van der Waals surface area contributed by atoms with E-state index in [9.17, 15) is 9.18 Å². The average molecular weight is 335 g/mol. The first-order valence-corrected chi connectivity index (χ1v) is 7.34. The number of rotatable bonds is 6. The predicted molar refractivity (Wildman–Crippen MR) is 88.1 cm³/mol. The highest BCUT2D eigenvalue weighted by Crippen LogP contribution is 2.08. The lowest BCUT2D eigenvalue weighted by molar-refractivity contribution is 0.0957. The number of amides is 1. The van der Waals surface area contributed by atoms with Gasteiger partial charge in [-0.15, -0.1) is 0 Å². The summed E-state index contributed by atoms with van der Waals surface area (Å²) >= 11 is 5.68. The van der Waals surface area contributed by atoms with Gasteiger partial charge in [0.1, 0.15) is 5.82 Å². The number of hydrogen-bond donors (Lipinski definition) is 2. The Morgan fingerprint density at radius 1 is 1.22 bits per heavy atom. The standard InChI is InChI=1S/C16H16ClFN4O/c1-11-6-12(8-14(18)7-11)15(23)19-4-2-3-5-20-16-21-9-13(17)10-22-16/h2-3,6-10H,4-5H2,1H3,(H,19,23)(H,20,21,22)/b3-2+. The van der Waals surface area contributed by atoms with Crippen LogP contribution in [0.3, 0.4) is 0 Å². The second-order valence-corrected chi connectivity index (χ2v) is 5.24. The molecule has 0 spiro atoms. The summed E-state index contributed by atoms with van der Waals surface area (Å²) in [5.41, 5.74) is 1.02. The molecule has 2 aromatic rings. The van der Waals surface area contributed by atoms with Crippen LogP contribution in [0.5, 0.6) is 0 Å². The summed E-state index contributed by atoms with van der Waals surface area (Å²) in [4.78, 5) is 19.8. The summed E-state index contributed by atoms with van der Waals surface area (Å²) in [6.07, 6.45) is 6.62. The quantitative estimate of drug-likeness (QED) is 0.797. The van der Waals surface area contributed by atoms with Gasteiger partial charge in [0, 0.05) is 18.7 Å². The van der Waals surface area contributed by atoms with E-state index in [4.69, 9.17) is 11.6 Å². The Labute approximate surface area is 138 Å². The number of hydrogen-bond acceptors (Lipinski definition) is 4. The Kier molecular flexibility index (Phi) is 6.05. The van der Waals surface area contributed by atoms with E-state index in [1.165, 1.54) is 24.5 Å². The number of carbonyl (C=O) groups is 1. The largest absolute Gasteiger partial charge is 0.351 e. The Bertz CT molecular complexity index is 683. The molecule has 23 heavy (non-hydrogen) atoms. The van der Waals surface area contributed by atoms with Gasteiger partial charge in [0.15, 0.2) is 0 Å². The van der Waals surface area contributed by atoms with E-state index < -0.39 is 5.82 Å². The molecule has 2 rings (SSSR count). The fourth-order valence-corrected chi connectivity index (χ4v) is 1.94. The van der Waals surface area contributed by atoms with Crippen LogP contribution in [-0.4, -0.2) is 29.0 Å². The molecule has 0 radical (unpaired) electrons. The van der Waals surface area contributed by atoms with Crippen molar-refractivity contribution in [3.63, 3.8) is 0 Å². The molecule has 0 atom stereocenters.